The van der Waals surface area contributed by atoms with E-state index < -0.39 is 34.2 Å². The van der Waals surface area contributed by atoms with E-state index in [9.17, 15) is 18.4 Å². The van der Waals surface area contributed by atoms with E-state index in [0.29, 0.717) is 6.07 Å². The normalized spacial score (nSPS) is 10.6. The number of hydrogen-bond donors (Lipinski definition) is 2. The van der Waals surface area contributed by atoms with Crippen molar-refractivity contribution in [3.63, 3.8) is 0 Å². The summed E-state index contributed by atoms with van der Waals surface area (Å²) >= 11 is 5.27. The number of carbonyl (C=O) groups is 1. The number of H-pyrrole nitrogens is 1. The summed E-state index contributed by atoms with van der Waals surface area (Å²) in [6.07, 6.45) is -3.05. The SMILES string of the molecule is O=C(O)c1cc(=O)[nH]c(Cl)c1C(F)F. The highest BCUT2D eigenvalue weighted by molar-refractivity contribution is 6.30. The molecule has 7 heteroatoms. The van der Waals surface area contributed by atoms with Crippen LogP contribution in [0.1, 0.15) is 22.3 Å². The molecule has 0 fully saturated rings. The second-order valence-corrected chi connectivity index (χ2v) is 2.76. The fraction of sp³-hybridized carbons (Fsp3) is 0.143. The maximum Gasteiger partial charge on any atom is 0.336 e. The van der Waals surface area contributed by atoms with Gasteiger partial charge in [-0.05, 0) is 0 Å². The summed E-state index contributed by atoms with van der Waals surface area (Å²) in [6.45, 7) is 0. The minimum absolute atomic E-state index is 0.565. The number of carboxylic acids is 1. The number of halogens is 3. The van der Waals surface area contributed by atoms with Gasteiger partial charge < -0.3 is 10.1 Å². The van der Waals surface area contributed by atoms with Gasteiger partial charge in [0.15, 0.2) is 0 Å². The van der Waals surface area contributed by atoms with Crippen molar-refractivity contribution in [3.8, 4) is 0 Å². The fourth-order valence-electron chi connectivity index (χ4n) is 0.929. The number of rotatable bonds is 2. The molecule has 1 heterocycles. The average Bonchev–Trinajstić information content (AvgIpc) is 2.01. The van der Waals surface area contributed by atoms with E-state index in [1.807, 2.05) is 4.98 Å². The fourth-order valence-corrected chi connectivity index (χ4v) is 1.21. The van der Waals surface area contributed by atoms with Crippen molar-refractivity contribution in [1.82, 2.24) is 4.98 Å². The molecule has 0 unspecified atom stereocenters. The van der Waals surface area contributed by atoms with Gasteiger partial charge >= 0.3 is 5.97 Å². The molecule has 1 aromatic rings. The van der Waals surface area contributed by atoms with Gasteiger partial charge in [0.1, 0.15) is 5.15 Å². The van der Waals surface area contributed by atoms with Gasteiger partial charge in [-0.3, -0.25) is 4.79 Å². The average molecular weight is 224 g/mol. The van der Waals surface area contributed by atoms with Crippen LogP contribution in [0.25, 0.3) is 0 Å². The van der Waals surface area contributed by atoms with Crippen molar-refractivity contribution in [2.45, 2.75) is 6.43 Å². The lowest BCUT2D eigenvalue weighted by atomic mass is 10.1. The molecule has 0 bridgehead atoms. The van der Waals surface area contributed by atoms with Crippen LogP contribution in [-0.4, -0.2) is 16.1 Å². The van der Waals surface area contributed by atoms with Crippen LogP contribution in [0.3, 0.4) is 0 Å². The third kappa shape index (κ3) is 1.90. The number of alkyl halides is 2. The van der Waals surface area contributed by atoms with E-state index in [0.717, 1.165) is 0 Å². The predicted octanol–water partition coefficient (Wildman–Crippen LogP) is 1.66. The van der Waals surface area contributed by atoms with E-state index in [4.69, 9.17) is 16.7 Å². The number of aromatic carboxylic acids is 1. The van der Waals surface area contributed by atoms with Gasteiger partial charge in [-0.15, -0.1) is 0 Å². The lowest BCUT2D eigenvalue weighted by Gasteiger charge is -2.05. The molecule has 0 aliphatic rings. The Kier molecular flexibility index (Phi) is 2.85. The Labute approximate surface area is 81.1 Å². The van der Waals surface area contributed by atoms with Gasteiger partial charge in [-0.2, -0.15) is 0 Å². The van der Waals surface area contributed by atoms with E-state index in [1.165, 1.54) is 0 Å². The van der Waals surface area contributed by atoms with Crippen LogP contribution >= 0.6 is 11.6 Å². The molecule has 0 atom stereocenters. The molecule has 0 radical (unpaired) electrons. The molecule has 14 heavy (non-hydrogen) atoms. The molecule has 0 aromatic carbocycles. The highest BCUT2D eigenvalue weighted by atomic mass is 35.5. The van der Waals surface area contributed by atoms with Gasteiger partial charge in [0.25, 0.3) is 6.43 Å². The van der Waals surface area contributed by atoms with Crippen molar-refractivity contribution in [2.75, 3.05) is 0 Å². The van der Waals surface area contributed by atoms with E-state index in [-0.39, 0.29) is 0 Å². The Balaban J connectivity index is 3.52. The minimum Gasteiger partial charge on any atom is -0.478 e. The summed E-state index contributed by atoms with van der Waals surface area (Å²) in [5.74, 6) is -1.62. The predicted molar refractivity (Wildman–Crippen MR) is 44.0 cm³/mol. The standard InChI is InChI=1S/C7H4ClF2NO3/c8-5-4(6(9)10)2(7(13)14)1-3(12)11-5/h1,6H,(H,11,12)(H,13,14). The number of carboxylic acid groups (broad SMARTS) is 1. The number of pyridine rings is 1. The van der Waals surface area contributed by atoms with E-state index in [1.54, 1.807) is 0 Å². The first-order valence-corrected chi connectivity index (χ1v) is 3.75. The molecule has 1 aromatic heterocycles. The largest absolute Gasteiger partial charge is 0.478 e. The molecule has 4 nitrogen and oxygen atoms in total. The van der Waals surface area contributed by atoms with E-state index >= 15 is 0 Å². The maximum absolute atomic E-state index is 12.3. The van der Waals surface area contributed by atoms with Crippen LogP contribution in [0.2, 0.25) is 5.15 Å². The molecule has 76 valence electrons. The maximum atomic E-state index is 12.3. The van der Waals surface area contributed by atoms with Crippen molar-refractivity contribution in [1.29, 1.82) is 0 Å². The van der Waals surface area contributed by atoms with Crippen molar-refractivity contribution in [2.24, 2.45) is 0 Å². The number of nitrogens with one attached hydrogen (secondary N) is 1. The Bertz CT molecular complexity index is 429. The van der Waals surface area contributed by atoms with Crippen LogP contribution < -0.4 is 5.56 Å². The van der Waals surface area contributed by atoms with E-state index in [2.05, 4.69) is 0 Å². The zero-order chi connectivity index (χ0) is 10.9. The third-order valence-electron chi connectivity index (χ3n) is 1.48. The monoisotopic (exact) mass is 223 g/mol. The van der Waals surface area contributed by atoms with Crippen LogP contribution in [0.15, 0.2) is 10.9 Å². The summed E-state index contributed by atoms with van der Waals surface area (Å²) in [7, 11) is 0. The first-order chi connectivity index (χ1) is 6.43. The molecular weight excluding hydrogens is 220 g/mol. The highest BCUT2D eigenvalue weighted by Gasteiger charge is 2.22. The Morgan fingerprint density at radius 2 is 2.14 bits per heavy atom. The van der Waals surface area contributed by atoms with Crippen molar-refractivity contribution >= 4 is 17.6 Å². The molecule has 0 aliphatic carbocycles. The summed E-state index contributed by atoms with van der Waals surface area (Å²) in [5.41, 5.74) is -2.50. The first kappa shape index (κ1) is 10.6. The molecule has 2 N–H and O–H groups in total. The van der Waals surface area contributed by atoms with Crippen LogP contribution in [-0.2, 0) is 0 Å². The molecule has 0 aliphatic heterocycles. The lowest BCUT2D eigenvalue weighted by Crippen LogP contribution is -2.14. The number of aromatic amines is 1. The number of hydrogen-bond acceptors (Lipinski definition) is 2. The molecule has 0 spiro atoms. The van der Waals surface area contributed by atoms with Crippen LogP contribution in [0, 0.1) is 0 Å². The van der Waals surface area contributed by atoms with Gasteiger partial charge in [0, 0.05) is 6.07 Å². The second-order valence-electron chi connectivity index (χ2n) is 2.38. The zero-order valence-corrected chi connectivity index (χ0v) is 7.31. The summed E-state index contributed by atoms with van der Waals surface area (Å²) < 4.78 is 24.6. The zero-order valence-electron chi connectivity index (χ0n) is 6.55. The molecule has 1 rings (SSSR count). The van der Waals surface area contributed by atoms with Gasteiger partial charge in [0.05, 0.1) is 11.1 Å². The Morgan fingerprint density at radius 1 is 1.57 bits per heavy atom. The minimum atomic E-state index is -3.05. The molecule has 0 amide bonds. The Morgan fingerprint density at radius 3 is 2.57 bits per heavy atom. The Hall–Kier alpha value is -1.43. The molecule has 0 saturated heterocycles. The van der Waals surface area contributed by atoms with Crippen LogP contribution in [0.5, 0.6) is 0 Å². The quantitative estimate of drug-likeness (QED) is 0.749. The van der Waals surface area contributed by atoms with Gasteiger partial charge in [0.2, 0.25) is 5.56 Å². The van der Waals surface area contributed by atoms with Gasteiger partial charge in [-0.1, -0.05) is 11.6 Å². The van der Waals surface area contributed by atoms with Crippen molar-refractivity contribution < 1.29 is 18.7 Å². The highest BCUT2D eigenvalue weighted by Crippen LogP contribution is 2.27. The third-order valence-corrected chi connectivity index (χ3v) is 1.78. The summed E-state index contributed by atoms with van der Waals surface area (Å²) in [6, 6.07) is 0.565. The second kappa shape index (κ2) is 3.75. The molecular formula is C7H4ClF2NO3. The number of aromatic nitrogens is 1. The van der Waals surface area contributed by atoms with Gasteiger partial charge in [-0.25, -0.2) is 13.6 Å². The van der Waals surface area contributed by atoms with Crippen LogP contribution in [0.4, 0.5) is 8.78 Å². The topological polar surface area (TPSA) is 70.2 Å². The summed E-state index contributed by atoms with van der Waals surface area (Å²) in [4.78, 5) is 23.1. The summed E-state index contributed by atoms with van der Waals surface area (Å²) in [5, 5.41) is 7.87. The first-order valence-electron chi connectivity index (χ1n) is 3.37. The van der Waals surface area contributed by atoms with Crippen molar-refractivity contribution in [3.05, 3.63) is 32.7 Å². The molecule has 0 saturated carbocycles. The smallest absolute Gasteiger partial charge is 0.336 e. The lowest BCUT2D eigenvalue weighted by molar-refractivity contribution is 0.0684.